The lowest BCUT2D eigenvalue weighted by Gasteiger charge is -2.30. The van der Waals surface area contributed by atoms with Crippen LogP contribution in [0.25, 0.3) is 0 Å². The highest BCUT2D eigenvalue weighted by Crippen LogP contribution is 2.13. The van der Waals surface area contributed by atoms with Crippen molar-refractivity contribution in [2.45, 2.75) is 20.0 Å². The number of rotatable bonds is 5. The van der Waals surface area contributed by atoms with Crippen LogP contribution in [-0.2, 0) is 4.74 Å². The molecule has 5 nitrogen and oxygen atoms in total. The normalized spacial score (nSPS) is 17.3. The number of aryl methyl sites for hydroxylation is 2. The molecule has 122 valence electrons. The van der Waals surface area contributed by atoms with E-state index in [1.165, 1.54) is 0 Å². The first kappa shape index (κ1) is 16.9. The van der Waals surface area contributed by atoms with Crippen LogP contribution in [-0.4, -0.2) is 73.4 Å². The number of morpholine rings is 1. The molecule has 2 rings (SSSR count). The minimum absolute atomic E-state index is 0.0396. The topological polar surface area (TPSA) is 53.0 Å². The molecule has 1 saturated heterocycles. The number of ether oxygens (including phenoxy) is 1. The van der Waals surface area contributed by atoms with E-state index in [0.29, 0.717) is 31.9 Å². The van der Waals surface area contributed by atoms with Gasteiger partial charge in [-0.3, -0.25) is 9.69 Å². The summed E-state index contributed by atoms with van der Waals surface area (Å²) in [6.45, 7) is 7.93. The Balaban J connectivity index is 1.91. The maximum Gasteiger partial charge on any atom is 0.253 e. The summed E-state index contributed by atoms with van der Waals surface area (Å²) < 4.78 is 5.29. The monoisotopic (exact) mass is 306 g/mol. The molecule has 0 spiro atoms. The molecular formula is C17H26N2O3. The van der Waals surface area contributed by atoms with Crippen LogP contribution < -0.4 is 0 Å². The summed E-state index contributed by atoms with van der Waals surface area (Å²) in [6.07, 6.45) is -0.544. The van der Waals surface area contributed by atoms with E-state index in [2.05, 4.69) is 4.90 Å². The summed E-state index contributed by atoms with van der Waals surface area (Å²) >= 11 is 0. The summed E-state index contributed by atoms with van der Waals surface area (Å²) in [5, 5.41) is 10.2. The van der Waals surface area contributed by atoms with Gasteiger partial charge in [0.2, 0.25) is 0 Å². The molecule has 0 saturated carbocycles. The number of nitrogens with zero attached hydrogens (tertiary/aromatic N) is 2. The second-order valence-corrected chi connectivity index (χ2v) is 6.07. The SMILES string of the molecule is Cc1ccc(C)c(C(=O)N(C)CC(O)CN2CCOCC2)c1. The minimum Gasteiger partial charge on any atom is -0.390 e. The second kappa shape index (κ2) is 7.72. The lowest BCUT2D eigenvalue weighted by Crippen LogP contribution is -2.45. The van der Waals surface area contributed by atoms with Crippen LogP contribution in [0.2, 0.25) is 0 Å². The maximum absolute atomic E-state index is 12.5. The number of aliphatic hydroxyl groups excluding tert-OH is 1. The van der Waals surface area contributed by atoms with Gasteiger partial charge >= 0.3 is 0 Å². The van der Waals surface area contributed by atoms with Gasteiger partial charge in [0.05, 0.1) is 19.3 Å². The van der Waals surface area contributed by atoms with Crippen LogP contribution in [0.15, 0.2) is 18.2 Å². The zero-order chi connectivity index (χ0) is 16.1. The Bertz CT molecular complexity index is 513. The average molecular weight is 306 g/mol. The molecule has 1 aromatic carbocycles. The first-order chi connectivity index (χ1) is 10.5. The molecule has 1 amide bonds. The lowest BCUT2D eigenvalue weighted by atomic mass is 10.0. The summed E-state index contributed by atoms with van der Waals surface area (Å²) in [7, 11) is 1.74. The molecule has 1 atom stereocenters. The highest BCUT2D eigenvalue weighted by molar-refractivity contribution is 5.95. The van der Waals surface area contributed by atoms with Crippen LogP contribution in [0.3, 0.4) is 0 Å². The fourth-order valence-corrected chi connectivity index (χ4v) is 2.71. The van der Waals surface area contributed by atoms with E-state index in [4.69, 9.17) is 4.74 Å². The molecule has 1 fully saturated rings. The van der Waals surface area contributed by atoms with Crippen molar-refractivity contribution in [3.8, 4) is 0 Å². The van der Waals surface area contributed by atoms with Gasteiger partial charge in [0.25, 0.3) is 5.91 Å². The summed E-state index contributed by atoms with van der Waals surface area (Å²) in [6, 6.07) is 5.86. The van der Waals surface area contributed by atoms with Crippen molar-refractivity contribution in [3.05, 3.63) is 34.9 Å². The van der Waals surface area contributed by atoms with Crippen LogP contribution in [0, 0.1) is 13.8 Å². The third-order valence-corrected chi connectivity index (χ3v) is 4.03. The van der Waals surface area contributed by atoms with Gasteiger partial charge in [-0.25, -0.2) is 0 Å². The van der Waals surface area contributed by atoms with Gasteiger partial charge in [0, 0.05) is 38.8 Å². The van der Waals surface area contributed by atoms with Gasteiger partial charge in [-0.2, -0.15) is 0 Å². The Hall–Kier alpha value is -1.43. The van der Waals surface area contributed by atoms with E-state index in [-0.39, 0.29) is 5.91 Å². The number of β-amino-alcohol motifs (C(OH)–C–C–N with tert-alkyl or cyclic N) is 1. The molecule has 1 N–H and O–H groups in total. The van der Waals surface area contributed by atoms with Crippen molar-refractivity contribution >= 4 is 5.91 Å². The van der Waals surface area contributed by atoms with Gasteiger partial charge < -0.3 is 14.7 Å². The third-order valence-electron chi connectivity index (χ3n) is 4.03. The van der Waals surface area contributed by atoms with Gasteiger partial charge in [-0.1, -0.05) is 17.7 Å². The Labute approximate surface area is 132 Å². The minimum atomic E-state index is -0.544. The van der Waals surface area contributed by atoms with Crippen molar-refractivity contribution in [1.82, 2.24) is 9.80 Å². The van der Waals surface area contributed by atoms with Crippen molar-refractivity contribution in [2.24, 2.45) is 0 Å². The van der Waals surface area contributed by atoms with Crippen molar-refractivity contribution in [3.63, 3.8) is 0 Å². The fraction of sp³-hybridized carbons (Fsp3) is 0.588. The van der Waals surface area contributed by atoms with Gasteiger partial charge in [-0.15, -0.1) is 0 Å². The molecule has 1 aliphatic heterocycles. The summed E-state index contributed by atoms with van der Waals surface area (Å²) in [5.41, 5.74) is 2.74. The molecule has 1 unspecified atom stereocenters. The Morgan fingerprint density at radius 1 is 1.36 bits per heavy atom. The Kier molecular flexibility index (Phi) is 5.94. The van der Waals surface area contributed by atoms with Gasteiger partial charge in [-0.05, 0) is 25.5 Å². The standard InChI is InChI=1S/C17H26N2O3/c1-13-4-5-14(2)16(10-13)17(21)18(3)11-15(20)12-19-6-8-22-9-7-19/h4-5,10,15,20H,6-9,11-12H2,1-3H3. The quantitative estimate of drug-likeness (QED) is 0.884. The molecule has 0 bridgehead atoms. The number of aliphatic hydroxyl groups is 1. The van der Waals surface area contributed by atoms with E-state index >= 15 is 0 Å². The van der Waals surface area contributed by atoms with Gasteiger partial charge in [0.1, 0.15) is 0 Å². The zero-order valence-corrected chi connectivity index (χ0v) is 13.7. The molecule has 0 radical (unpaired) electrons. The highest BCUT2D eigenvalue weighted by atomic mass is 16.5. The first-order valence-corrected chi connectivity index (χ1v) is 7.78. The van der Waals surface area contributed by atoms with E-state index in [1.807, 2.05) is 32.0 Å². The number of benzene rings is 1. The molecule has 22 heavy (non-hydrogen) atoms. The predicted molar refractivity (Wildman–Crippen MR) is 86.1 cm³/mol. The lowest BCUT2D eigenvalue weighted by molar-refractivity contribution is 0.00878. The third kappa shape index (κ3) is 4.53. The summed E-state index contributed by atoms with van der Waals surface area (Å²) in [4.78, 5) is 16.3. The number of carbonyl (C=O) groups excluding carboxylic acids is 1. The van der Waals surface area contributed by atoms with E-state index in [9.17, 15) is 9.90 Å². The largest absolute Gasteiger partial charge is 0.390 e. The number of likely N-dealkylation sites (N-methyl/N-ethyl adjacent to an activating group) is 1. The zero-order valence-electron chi connectivity index (χ0n) is 13.7. The molecule has 0 aromatic heterocycles. The Morgan fingerprint density at radius 3 is 2.73 bits per heavy atom. The fourth-order valence-electron chi connectivity index (χ4n) is 2.71. The molecule has 0 aliphatic carbocycles. The first-order valence-electron chi connectivity index (χ1n) is 7.78. The molecular weight excluding hydrogens is 280 g/mol. The molecule has 5 heteroatoms. The molecule has 1 aromatic rings. The van der Waals surface area contributed by atoms with Crippen LogP contribution >= 0.6 is 0 Å². The van der Waals surface area contributed by atoms with E-state index in [0.717, 1.165) is 24.2 Å². The number of hydrogen-bond acceptors (Lipinski definition) is 4. The molecule has 1 heterocycles. The van der Waals surface area contributed by atoms with Gasteiger partial charge in [0.15, 0.2) is 0 Å². The van der Waals surface area contributed by atoms with E-state index < -0.39 is 6.10 Å². The van der Waals surface area contributed by atoms with Crippen molar-refractivity contribution in [2.75, 3.05) is 46.4 Å². The van der Waals surface area contributed by atoms with Crippen molar-refractivity contribution in [1.29, 1.82) is 0 Å². The smallest absolute Gasteiger partial charge is 0.253 e. The number of hydrogen-bond donors (Lipinski definition) is 1. The molecule has 1 aliphatic rings. The Morgan fingerprint density at radius 2 is 2.05 bits per heavy atom. The van der Waals surface area contributed by atoms with Crippen LogP contribution in [0.4, 0.5) is 0 Å². The van der Waals surface area contributed by atoms with E-state index in [1.54, 1.807) is 11.9 Å². The maximum atomic E-state index is 12.5. The van der Waals surface area contributed by atoms with Crippen molar-refractivity contribution < 1.29 is 14.6 Å². The van der Waals surface area contributed by atoms with Crippen LogP contribution in [0.1, 0.15) is 21.5 Å². The number of amides is 1. The second-order valence-electron chi connectivity index (χ2n) is 6.07. The summed E-state index contributed by atoms with van der Waals surface area (Å²) in [5.74, 6) is -0.0396. The average Bonchev–Trinajstić information content (AvgIpc) is 2.49. The predicted octanol–water partition coefficient (Wildman–Crippen LogP) is 1.07. The number of carbonyl (C=O) groups is 1. The highest BCUT2D eigenvalue weighted by Gasteiger charge is 2.20. The van der Waals surface area contributed by atoms with Crippen LogP contribution in [0.5, 0.6) is 0 Å².